The number of hydrogen-bond donors (Lipinski definition) is 2. The molecular formula is C17H20N2O4. The van der Waals surface area contributed by atoms with Gasteiger partial charge in [-0.1, -0.05) is 29.8 Å². The predicted octanol–water partition coefficient (Wildman–Crippen LogP) is 1.08. The largest absolute Gasteiger partial charge is 0.480 e. The molecule has 1 heterocycles. The van der Waals surface area contributed by atoms with Crippen molar-refractivity contribution in [1.29, 1.82) is 0 Å². The summed E-state index contributed by atoms with van der Waals surface area (Å²) in [5.41, 5.74) is 1.08. The molecule has 122 valence electrons. The number of carbonyl (C=O) groups excluding carboxylic acids is 2. The van der Waals surface area contributed by atoms with Gasteiger partial charge in [-0.25, -0.2) is 4.79 Å². The van der Waals surface area contributed by atoms with Crippen LogP contribution in [0.5, 0.6) is 0 Å². The van der Waals surface area contributed by atoms with Gasteiger partial charge in [-0.3, -0.25) is 9.59 Å². The van der Waals surface area contributed by atoms with Crippen LogP contribution in [0.4, 0.5) is 0 Å². The van der Waals surface area contributed by atoms with Gasteiger partial charge >= 0.3 is 5.97 Å². The molecule has 1 aromatic carbocycles. The normalized spacial score (nSPS) is 22.0. The first-order chi connectivity index (χ1) is 10.9. The number of aliphatic carboxylic acids is 1. The molecule has 2 aliphatic rings. The van der Waals surface area contributed by atoms with Crippen LogP contribution in [0.2, 0.25) is 0 Å². The Balaban J connectivity index is 1.60. The fourth-order valence-electron chi connectivity index (χ4n) is 2.87. The molecule has 2 fully saturated rings. The second-order valence-corrected chi connectivity index (χ2v) is 6.54. The molecule has 1 atom stereocenters. The summed E-state index contributed by atoms with van der Waals surface area (Å²) < 4.78 is 0. The maximum atomic E-state index is 12.2. The Morgan fingerprint density at radius 1 is 1.30 bits per heavy atom. The zero-order chi connectivity index (χ0) is 16.6. The number of benzene rings is 1. The topological polar surface area (TPSA) is 86.7 Å². The molecule has 23 heavy (non-hydrogen) atoms. The Hall–Kier alpha value is -2.37. The van der Waals surface area contributed by atoms with Crippen molar-refractivity contribution in [3.8, 4) is 0 Å². The van der Waals surface area contributed by atoms with Crippen molar-refractivity contribution in [2.24, 2.45) is 5.92 Å². The second kappa shape index (κ2) is 5.68. The monoisotopic (exact) mass is 316 g/mol. The van der Waals surface area contributed by atoms with E-state index >= 15 is 0 Å². The molecule has 0 unspecified atom stereocenters. The second-order valence-electron chi connectivity index (χ2n) is 6.54. The smallest absolute Gasteiger partial charge is 0.329 e. The molecule has 0 bridgehead atoms. The van der Waals surface area contributed by atoms with Crippen molar-refractivity contribution in [1.82, 2.24) is 10.2 Å². The van der Waals surface area contributed by atoms with Crippen LogP contribution in [-0.2, 0) is 20.9 Å². The summed E-state index contributed by atoms with van der Waals surface area (Å²) >= 11 is 0. The van der Waals surface area contributed by atoms with Crippen LogP contribution in [0.25, 0.3) is 0 Å². The SMILES string of the molecule is Cc1ccc(CN2C[C@H](C(=O)NC3(C(=O)O)CC3)CC2=O)cc1. The van der Waals surface area contributed by atoms with Gasteiger partial charge in [-0.2, -0.15) is 0 Å². The first kappa shape index (κ1) is 15.5. The minimum Gasteiger partial charge on any atom is -0.480 e. The molecule has 0 radical (unpaired) electrons. The highest BCUT2D eigenvalue weighted by Crippen LogP contribution is 2.36. The van der Waals surface area contributed by atoms with E-state index in [0.717, 1.165) is 11.1 Å². The van der Waals surface area contributed by atoms with Gasteiger partial charge < -0.3 is 15.3 Å². The van der Waals surface area contributed by atoms with Crippen LogP contribution >= 0.6 is 0 Å². The van der Waals surface area contributed by atoms with E-state index in [1.807, 2.05) is 31.2 Å². The lowest BCUT2D eigenvalue weighted by Crippen LogP contribution is -2.46. The van der Waals surface area contributed by atoms with E-state index in [4.69, 9.17) is 5.11 Å². The molecule has 6 nitrogen and oxygen atoms in total. The van der Waals surface area contributed by atoms with Crippen molar-refractivity contribution in [3.05, 3.63) is 35.4 Å². The zero-order valence-electron chi connectivity index (χ0n) is 13.0. The van der Waals surface area contributed by atoms with Crippen molar-refractivity contribution in [2.45, 2.75) is 38.3 Å². The first-order valence-electron chi connectivity index (χ1n) is 7.78. The summed E-state index contributed by atoms with van der Waals surface area (Å²) in [6, 6.07) is 7.92. The van der Waals surface area contributed by atoms with E-state index in [9.17, 15) is 14.4 Å². The molecule has 3 rings (SSSR count). The first-order valence-corrected chi connectivity index (χ1v) is 7.78. The van der Waals surface area contributed by atoms with Gasteiger partial charge in [-0.05, 0) is 25.3 Å². The molecule has 0 aromatic heterocycles. The molecule has 6 heteroatoms. The van der Waals surface area contributed by atoms with Crippen LogP contribution in [-0.4, -0.2) is 39.9 Å². The number of likely N-dealkylation sites (tertiary alicyclic amines) is 1. The van der Waals surface area contributed by atoms with Crippen molar-refractivity contribution >= 4 is 17.8 Å². The average molecular weight is 316 g/mol. The Bertz CT molecular complexity index is 649. The minimum absolute atomic E-state index is 0.0640. The van der Waals surface area contributed by atoms with Crippen LogP contribution in [0, 0.1) is 12.8 Å². The van der Waals surface area contributed by atoms with Crippen LogP contribution in [0.3, 0.4) is 0 Å². The lowest BCUT2D eigenvalue weighted by molar-refractivity contribution is -0.143. The Labute approximate surface area is 134 Å². The number of nitrogens with zero attached hydrogens (tertiary/aromatic N) is 1. The van der Waals surface area contributed by atoms with Crippen LogP contribution in [0.15, 0.2) is 24.3 Å². The number of hydrogen-bond acceptors (Lipinski definition) is 3. The number of carboxylic acids is 1. The molecule has 2 amide bonds. The van der Waals surface area contributed by atoms with E-state index in [0.29, 0.717) is 25.9 Å². The quantitative estimate of drug-likeness (QED) is 0.851. The third kappa shape index (κ3) is 3.21. The van der Waals surface area contributed by atoms with Gasteiger partial charge in [0.25, 0.3) is 0 Å². The van der Waals surface area contributed by atoms with E-state index in [-0.39, 0.29) is 18.2 Å². The van der Waals surface area contributed by atoms with E-state index in [2.05, 4.69) is 5.32 Å². The predicted molar refractivity (Wildman–Crippen MR) is 82.4 cm³/mol. The van der Waals surface area contributed by atoms with Crippen molar-refractivity contribution < 1.29 is 19.5 Å². The van der Waals surface area contributed by atoms with Gasteiger partial charge in [-0.15, -0.1) is 0 Å². The van der Waals surface area contributed by atoms with Gasteiger partial charge in [0.15, 0.2) is 0 Å². The minimum atomic E-state index is -1.09. The number of carboxylic acid groups (broad SMARTS) is 1. The van der Waals surface area contributed by atoms with Gasteiger partial charge in [0.2, 0.25) is 11.8 Å². The highest BCUT2D eigenvalue weighted by molar-refractivity contribution is 5.94. The Kier molecular flexibility index (Phi) is 3.83. The summed E-state index contributed by atoms with van der Waals surface area (Å²) in [5, 5.41) is 11.7. The van der Waals surface area contributed by atoms with Gasteiger partial charge in [0.05, 0.1) is 5.92 Å². The highest BCUT2D eigenvalue weighted by Gasteiger charge is 2.52. The third-order valence-electron chi connectivity index (χ3n) is 4.60. The average Bonchev–Trinajstić information content (AvgIpc) is 3.20. The highest BCUT2D eigenvalue weighted by atomic mass is 16.4. The van der Waals surface area contributed by atoms with E-state index < -0.39 is 17.4 Å². The molecule has 1 saturated carbocycles. The number of rotatable bonds is 5. The molecule has 1 aliphatic carbocycles. The summed E-state index contributed by atoms with van der Waals surface area (Å²) in [6.07, 6.45) is 1.07. The third-order valence-corrected chi connectivity index (χ3v) is 4.60. The fraction of sp³-hybridized carbons (Fsp3) is 0.471. The maximum Gasteiger partial charge on any atom is 0.329 e. The number of aryl methyl sites for hydroxylation is 1. The van der Waals surface area contributed by atoms with E-state index in [1.165, 1.54) is 0 Å². The van der Waals surface area contributed by atoms with Crippen molar-refractivity contribution in [3.63, 3.8) is 0 Å². The Morgan fingerprint density at radius 3 is 2.52 bits per heavy atom. The molecule has 1 aliphatic heterocycles. The summed E-state index contributed by atoms with van der Waals surface area (Å²) in [4.78, 5) is 37.1. The zero-order valence-corrected chi connectivity index (χ0v) is 13.0. The Morgan fingerprint density at radius 2 is 1.96 bits per heavy atom. The molecule has 0 spiro atoms. The fourth-order valence-corrected chi connectivity index (χ4v) is 2.87. The standard InChI is InChI=1S/C17H20N2O4/c1-11-2-4-12(5-3-11)9-19-10-13(8-14(19)20)15(21)18-17(6-7-17)16(22)23/h2-5,13H,6-10H2,1H3,(H,18,21)(H,22,23)/t13-/m1/s1. The molecule has 1 aromatic rings. The lowest BCUT2D eigenvalue weighted by atomic mass is 10.1. The summed E-state index contributed by atoms with van der Waals surface area (Å²) in [5.74, 6) is -1.85. The van der Waals surface area contributed by atoms with Gasteiger partial charge in [0, 0.05) is 19.5 Å². The van der Waals surface area contributed by atoms with Gasteiger partial charge in [0.1, 0.15) is 5.54 Å². The number of nitrogens with one attached hydrogen (secondary N) is 1. The van der Waals surface area contributed by atoms with E-state index in [1.54, 1.807) is 4.90 Å². The summed E-state index contributed by atoms with van der Waals surface area (Å²) in [6.45, 7) is 2.82. The maximum absolute atomic E-state index is 12.2. The van der Waals surface area contributed by atoms with Crippen molar-refractivity contribution in [2.75, 3.05) is 6.54 Å². The summed E-state index contributed by atoms with van der Waals surface area (Å²) in [7, 11) is 0. The number of carbonyl (C=O) groups is 3. The van der Waals surface area contributed by atoms with Crippen LogP contribution < -0.4 is 5.32 Å². The number of amides is 2. The lowest BCUT2D eigenvalue weighted by Gasteiger charge is -2.18. The molecule has 2 N–H and O–H groups in total. The molecule has 1 saturated heterocycles. The van der Waals surface area contributed by atoms with Crippen LogP contribution in [0.1, 0.15) is 30.4 Å². The molecular weight excluding hydrogens is 296 g/mol.